The van der Waals surface area contributed by atoms with Gasteiger partial charge in [0.2, 0.25) is 17.8 Å². The maximum atomic E-state index is 13.1. The standard InChI is InChI=1S/C20H22FN5O3/c1-11-4-2-3-9-26(11)20-24-17-16(19(29)25-20)14(10-15(27)23-17)18(28)22-13-7-5-12(21)6-8-13/h5-8,11,14H,2-4,9-10H2,1H3,(H,22,28)(H2,23,24,25,27,29)/t11-,14-/m0/s1. The molecule has 0 saturated carbocycles. The summed E-state index contributed by atoms with van der Waals surface area (Å²) in [7, 11) is 0. The van der Waals surface area contributed by atoms with Crippen LogP contribution in [-0.2, 0) is 9.59 Å². The minimum absolute atomic E-state index is 0.122. The molecule has 2 amide bonds. The highest BCUT2D eigenvalue weighted by Gasteiger charge is 2.35. The summed E-state index contributed by atoms with van der Waals surface area (Å²) in [6.07, 6.45) is 2.95. The van der Waals surface area contributed by atoms with Gasteiger partial charge in [0.25, 0.3) is 5.56 Å². The van der Waals surface area contributed by atoms with Crippen molar-refractivity contribution >= 4 is 29.3 Å². The molecule has 0 bridgehead atoms. The van der Waals surface area contributed by atoms with E-state index in [0.717, 1.165) is 25.8 Å². The van der Waals surface area contributed by atoms with E-state index < -0.39 is 23.2 Å². The molecule has 0 unspecified atom stereocenters. The number of rotatable bonds is 3. The summed E-state index contributed by atoms with van der Waals surface area (Å²) in [5.74, 6) is -1.78. The van der Waals surface area contributed by atoms with Crippen LogP contribution in [0.25, 0.3) is 0 Å². The minimum atomic E-state index is -0.979. The maximum Gasteiger partial charge on any atom is 0.258 e. The molecule has 152 valence electrons. The van der Waals surface area contributed by atoms with Crippen LogP contribution in [0.5, 0.6) is 0 Å². The molecule has 2 atom stereocenters. The Morgan fingerprint density at radius 1 is 1.24 bits per heavy atom. The van der Waals surface area contributed by atoms with Crippen molar-refractivity contribution in [2.45, 2.75) is 44.6 Å². The van der Waals surface area contributed by atoms with Crippen LogP contribution in [-0.4, -0.2) is 34.4 Å². The van der Waals surface area contributed by atoms with Crippen molar-refractivity contribution in [1.82, 2.24) is 9.97 Å². The summed E-state index contributed by atoms with van der Waals surface area (Å²) in [4.78, 5) is 47.1. The average Bonchev–Trinajstić information content (AvgIpc) is 2.69. The second kappa shape index (κ2) is 7.65. The Morgan fingerprint density at radius 3 is 2.72 bits per heavy atom. The Bertz CT molecular complexity index is 1000. The fourth-order valence-corrected chi connectivity index (χ4v) is 3.89. The van der Waals surface area contributed by atoms with Gasteiger partial charge >= 0.3 is 0 Å². The molecule has 1 aromatic carbocycles. The van der Waals surface area contributed by atoms with E-state index in [-0.39, 0.29) is 29.8 Å². The number of H-pyrrole nitrogens is 1. The highest BCUT2D eigenvalue weighted by molar-refractivity contribution is 6.04. The molecular formula is C20H22FN5O3. The monoisotopic (exact) mass is 399 g/mol. The SMILES string of the molecule is C[C@H]1CCCCN1c1nc2c(c(=O)[nH]1)[C@@H](C(=O)Nc1ccc(F)cc1)CC(=O)N2. The molecule has 2 aromatic rings. The molecular weight excluding hydrogens is 377 g/mol. The molecule has 8 nitrogen and oxygen atoms in total. The van der Waals surface area contributed by atoms with Gasteiger partial charge < -0.3 is 15.5 Å². The molecule has 29 heavy (non-hydrogen) atoms. The summed E-state index contributed by atoms with van der Waals surface area (Å²) in [6, 6.07) is 5.50. The Hall–Kier alpha value is -3.23. The van der Waals surface area contributed by atoms with Gasteiger partial charge in [0.05, 0.1) is 11.5 Å². The maximum absolute atomic E-state index is 13.1. The van der Waals surface area contributed by atoms with E-state index in [4.69, 9.17) is 0 Å². The predicted octanol–water partition coefficient (Wildman–Crippen LogP) is 2.35. The summed E-state index contributed by atoms with van der Waals surface area (Å²) in [5.41, 5.74) is 0.0757. The number of nitrogens with one attached hydrogen (secondary N) is 3. The van der Waals surface area contributed by atoms with Gasteiger partial charge in [-0.15, -0.1) is 0 Å². The highest BCUT2D eigenvalue weighted by atomic mass is 19.1. The van der Waals surface area contributed by atoms with Gasteiger partial charge in [-0.1, -0.05) is 0 Å². The fourth-order valence-electron chi connectivity index (χ4n) is 3.89. The van der Waals surface area contributed by atoms with Crippen molar-refractivity contribution in [3.63, 3.8) is 0 Å². The third-order valence-corrected chi connectivity index (χ3v) is 5.44. The molecule has 0 radical (unpaired) electrons. The van der Waals surface area contributed by atoms with Gasteiger partial charge in [-0.25, -0.2) is 4.39 Å². The van der Waals surface area contributed by atoms with Crippen LogP contribution in [0.4, 0.5) is 21.8 Å². The normalized spacial score (nSPS) is 21.3. The largest absolute Gasteiger partial charge is 0.340 e. The summed E-state index contributed by atoms with van der Waals surface area (Å²) in [6.45, 7) is 2.83. The van der Waals surface area contributed by atoms with Crippen LogP contribution < -0.4 is 21.1 Å². The fraction of sp³-hybridized carbons (Fsp3) is 0.400. The number of amides is 2. The van der Waals surface area contributed by atoms with E-state index in [1.165, 1.54) is 24.3 Å². The van der Waals surface area contributed by atoms with E-state index in [0.29, 0.717) is 11.6 Å². The molecule has 9 heteroatoms. The van der Waals surface area contributed by atoms with E-state index in [1.807, 2.05) is 4.90 Å². The summed E-state index contributed by atoms with van der Waals surface area (Å²) in [5, 5.41) is 5.26. The number of piperidine rings is 1. The van der Waals surface area contributed by atoms with Crippen molar-refractivity contribution in [2.24, 2.45) is 0 Å². The first kappa shape index (κ1) is 19.1. The Balaban J connectivity index is 1.65. The van der Waals surface area contributed by atoms with E-state index in [1.54, 1.807) is 0 Å². The molecule has 3 heterocycles. The van der Waals surface area contributed by atoms with Gasteiger partial charge in [0, 0.05) is 24.7 Å². The number of nitrogens with zero attached hydrogens (tertiary/aromatic N) is 2. The van der Waals surface area contributed by atoms with Gasteiger partial charge in [-0.2, -0.15) is 4.98 Å². The zero-order chi connectivity index (χ0) is 20.5. The van der Waals surface area contributed by atoms with Crippen molar-refractivity contribution < 1.29 is 14.0 Å². The van der Waals surface area contributed by atoms with Crippen LogP contribution in [0.3, 0.4) is 0 Å². The van der Waals surface area contributed by atoms with E-state index in [2.05, 4.69) is 27.5 Å². The number of carbonyl (C=O) groups excluding carboxylic acids is 2. The number of aromatic nitrogens is 2. The number of fused-ring (bicyclic) bond motifs is 1. The highest BCUT2D eigenvalue weighted by Crippen LogP contribution is 2.31. The molecule has 0 aliphatic carbocycles. The zero-order valence-corrected chi connectivity index (χ0v) is 16.0. The summed E-state index contributed by atoms with van der Waals surface area (Å²) < 4.78 is 13.1. The van der Waals surface area contributed by atoms with Gasteiger partial charge in [0.15, 0.2) is 0 Å². The molecule has 2 aliphatic rings. The summed E-state index contributed by atoms with van der Waals surface area (Å²) >= 11 is 0. The third-order valence-electron chi connectivity index (χ3n) is 5.44. The lowest BCUT2D eigenvalue weighted by molar-refractivity contribution is -0.123. The molecule has 1 aromatic heterocycles. The van der Waals surface area contributed by atoms with Crippen molar-refractivity contribution in [3.05, 3.63) is 46.0 Å². The Morgan fingerprint density at radius 2 is 2.00 bits per heavy atom. The van der Waals surface area contributed by atoms with Crippen LogP contribution in [0.15, 0.2) is 29.1 Å². The number of hydrogen-bond donors (Lipinski definition) is 3. The second-order valence-electron chi connectivity index (χ2n) is 7.49. The molecule has 3 N–H and O–H groups in total. The van der Waals surface area contributed by atoms with Gasteiger partial charge in [0.1, 0.15) is 11.6 Å². The number of carbonyl (C=O) groups is 2. The quantitative estimate of drug-likeness (QED) is 0.734. The minimum Gasteiger partial charge on any atom is -0.340 e. The number of aromatic amines is 1. The van der Waals surface area contributed by atoms with Crippen LogP contribution in [0.2, 0.25) is 0 Å². The lowest BCUT2D eigenvalue weighted by Gasteiger charge is -2.34. The molecule has 2 aliphatic heterocycles. The first-order valence-corrected chi connectivity index (χ1v) is 9.69. The van der Waals surface area contributed by atoms with E-state index >= 15 is 0 Å². The van der Waals surface area contributed by atoms with Crippen molar-refractivity contribution in [3.8, 4) is 0 Å². The predicted molar refractivity (Wildman–Crippen MR) is 107 cm³/mol. The number of benzene rings is 1. The van der Waals surface area contributed by atoms with Crippen LogP contribution >= 0.6 is 0 Å². The van der Waals surface area contributed by atoms with E-state index in [9.17, 15) is 18.8 Å². The number of anilines is 3. The van der Waals surface area contributed by atoms with Crippen LogP contribution in [0, 0.1) is 5.82 Å². The Kier molecular flexibility index (Phi) is 5.04. The first-order chi connectivity index (χ1) is 13.9. The average molecular weight is 399 g/mol. The topological polar surface area (TPSA) is 107 Å². The second-order valence-corrected chi connectivity index (χ2v) is 7.49. The Labute approximate surface area is 166 Å². The zero-order valence-electron chi connectivity index (χ0n) is 16.0. The van der Waals surface area contributed by atoms with Gasteiger partial charge in [-0.3, -0.25) is 19.4 Å². The third kappa shape index (κ3) is 3.85. The van der Waals surface area contributed by atoms with Crippen molar-refractivity contribution in [2.75, 3.05) is 22.1 Å². The molecule has 1 fully saturated rings. The lowest BCUT2D eigenvalue weighted by atomic mass is 9.92. The van der Waals surface area contributed by atoms with Crippen LogP contribution in [0.1, 0.15) is 44.1 Å². The molecule has 1 saturated heterocycles. The number of halogens is 1. The van der Waals surface area contributed by atoms with Crippen molar-refractivity contribution in [1.29, 1.82) is 0 Å². The lowest BCUT2D eigenvalue weighted by Crippen LogP contribution is -2.41. The van der Waals surface area contributed by atoms with Gasteiger partial charge in [-0.05, 0) is 50.5 Å². The molecule has 0 spiro atoms. The molecule has 4 rings (SSSR count). The number of hydrogen-bond acceptors (Lipinski definition) is 5. The first-order valence-electron chi connectivity index (χ1n) is 9.69. The smallest absolute Gasteiger partial charge is 0.258 e.